The summed E-state index contributed by atoms with van der Waals surface area (Å²) in [5, 5.41) is 9.96. The van der Waals surface area contributed by atoms with Gasteiger partial charge in [-0.25, -0.2) is 13.1 Å². The lowest BCUT2D eigenvalue weighted by molar-refractivity contribution is 0.563. The first-order valence-electron chi connectivity index (χ1n) is 6.15. The molecule has 1 rings (SSSR count). The first-order valence-corrected chi connectivity index (χ1v) is 7.63. The van der Waals surface area contributed by atoms with Crippen LogP contribution < -0.4 is 10.0 Å². The van der Waals surface area contributed by atoms with Gasteiger partial charge in [-0.2, -0.15) is 5.10 Å². The maximum absolute atomic E-state index is 12.1. The average Bonchev–Trinajstić information content (AvgIpc) is 2.66. The Bertz CT molecular complexity index is 479. The fourth-order valence-corrected chi connectivity index (χ4v) is 3.05. The van der Waals surface area contributed by atoms with E-state index in [0.29, 0.717) is 24.5 Å². The predicted molar refractivity (Wildman–Crippen MR) is 70.8 cm³/mol. The molecule has 104 valence electrons. The van der Waals surface area contributed by atoms with Gasteiger partial charge in [-0.15, -0.1) is 0 Å². The summed E-state index contributed by atoms with van der Waals surface area (Å²) in [5.74, 6) is 0. The molecule has 0 unspecified atom stereocenters. The van der Waals surface area contributed by atoms with E-state index in [-0.39, 0.29) is 10.9 Å². The standard InChI is InChI=1S/C11H22N4O2S/c1-5-6-13-18(16,17)11-9(4)14-15-10(11)7-12-8(2)3/h8,12-13H,5-7H2,1-4H3,(H,14,15). The number of rotatable bonds is 7. The molecule has 1 aromatic rings. The molecule has 0 bridgehead atoms. The van der Waals surface area contributed by atoms with Crippen molar-refractivity contribution in [3.63, 3.8) is 0 Å². The van der Waals surface area contributed by atoms with E-state index in [0.717, 1.165) is 6.42 Å². The van der Waals surface area contributed by atoms with Crippen molar-refractivity contribution >= 4 is 10.0 Å². The highest BCUT2D eigenvalue weighted by Gasteiger charge is 2.23. The van der Waals surface area contributed by atoms with E-state index in [1.807, 2.05) is 20.8 Å². The first kappa shape index (κ1) is 15.1. The molecular weight excluding hydrogens is 252 g/mol. The van der Waals surface area contributed by atoms with Gasteiger partial charge in [0.25, 0.3) is 0 Å². The van der Waals surface area contributed by atoms with Gasteiger partial charge in [-0.05, 0) is 13.3 Å². The minimum Gasteiger partial charge on any atom is -0.309 e. The first-order chi connectivity index (χ1) is 8.38. The highest BCUT2D eigenvalue weighted by atomic mass is 32.2. The fraction of sp³-hybridized carbons (Fsp3) is 0.727. The van der Waals surface area contributed by atoms with E-state index < -0.39 is 10.0 Å². The molecule has 7 heteroatoms. The van der Waals surface area contributed by atoms with Crippen LogP contribution in [-0.2, 0) is 16.6 Å². The summed E-state index contributed by atoms with van der Waals surface area (Å²) < 4.78 is 26.8. The van der Waals surface area contributed by atoms with Crippen molar-refractivity contribution in [1.29, 1.82) is 0 Å². The molecule has 0 fully saturated rings. The summed E-state index contributed by atoms with van der Waals surface area (Å²) in [6, 6.07) is 0.279. The van der Waals surface area contributed by atoms with E-state index in [1.165, 1.54) is 0 Å². The quantitative estimate of drug-likeness (QED) is 0.689. The summed E-state index contributed by atoms with van der Waals surface area (Å²) in [6.45, 7) is 8.51. The summed E-state index contributed by atoms with van der Waals surface area (Å²) in [4.78, 5) is 0.268. The van der Waals surface area contributed by atoms with Crippen molar-refractivity contribution in [2.45, 2.75) is 51.6 Å². The molecule has 1 aromatic heterocycles. The zero-order chi connectivity index (χ0) is 13.8. The monoisotopic (exact) mass is 274 g/mol. The molecule has 0 saturated heterocycles. The van der Waals surface area contributed by atoms with E-state index in [9.17, 15) is 8.42 Å². The Morgan fingerprint density at radius 2 is 2.06 bits per heavy atom. The number of hydrogen-bond acceptors (Lipinski definition) is 4. The van der Waals surface area contributed by atoms with Gasteiger partial charge in [0.2, 0.25) is 10.0 Å². The second-order valence-corrected chi connectivity index (χ2v) is 6.26. The zero-order valence-corrected chi connectivity index (χ0v) is 12.2. The largest absolute Gasteiger partial charge is 0.309 e. The normalized spacial score (nSPS) is 12.3. The lowest BCUT2D eigenvalue weighted by atomic mass is 10.3. The molecule has 3 N–H and O–H groups in total. The van der Waals surface area contributed by atoms with Crippen LogP contribution in [0, 0.1) is 6.92 Å². The number of nitrogens with zero attached hydrogens (tertiary/aromatic N) is 1. The van der Waals surface area contributed by atoms with Crippen LogP contribution in [0.1, 0.15) is 38.6 Å². The number of sulfonamides is 1. The SMILES string of the molecule is CCCNS(=O)(=O)c1c(CNC(C)C)n[nH]c1C. The van der Waals surface area contributed by atoms with Gasteiger partial charge >= 0.3 is 0 Å². The van der Waals surface area contributed by atoms with Crippen molar-refractivity contribution in [3.8, 4) is 0 Å². The smallest absolute Gasteiger partial charge is 0.244 e. The number of H-pyrrole nitrogens is 1. The number of hydrogen-bond donors (Lipinski definition) is 3. The third kappa shape index (κ3) is 3.79. The highest BCUT2D eigenvalue weighted by molar-refractivity contribution is 7.89. The molecule has 0 aliphatic heterocycles. The third-order valence-electron chi connectivity index (χ3n) is 2.45. The topological polar surface area (TPSA) is 86.9 Å². The van der Waals surface area contributed by atoms with Gasteiger partial charge in [0.15, 0.2) is 0 Å². The Morgan fingerprint density at radius 3 is 2.61 bits per heavy atom. The van der Waals surface area contributed by atoms with Crippen LogP contribution in [0.3, 0.4) is 0 Å². The van der Waals surface area contributed by atoms with Gasteiger partial charge in [0, 0.05) is 19.1 Å². The number of aromatic amines is 1. The Hall–Kier alpha value is -0.920. The van der Waals surface area contributed by atoms with Crippen LogP contribution in [0.4, 0.5) is 0 Å². The van der Waals surface area contributed by atoms with Crippen molar-refractivity contribution in [3.05, 3.63) is 11.4 Å². The second kappa shape index (κ2) is 6.31. The average molecular weight is 274 g/mol. The van der Waals surface area contributed by atoms with Crippen LogP contribution in [0.2, 0.25) is 0 Å². The molecule has 0 aliphatic rings. The highest BCUT2D eigenvalue weighted by Crippen LogP contribution is 2.17. The van der Waals surface area contributed by atoms with Crippen LogP contribution >= 0.6 is 0 Å². The minimum atomic E-state index is -3.47. The fourth-order valence-electron chi connectivity index (χ4n) is 1.56. The van der Waals surface area contributed by atoms with Gasteiger partial charge in [-0.3, -0.25) is 5.10 Å². The maximum Gasteiger partial charge on any atom is 0.244 e. The Labute approximate surface area is 109 Å². The molecule has 18 heavy (non-hydrogen) atoms. The number of aromatic nitrogens is 2. The minimum absolute atomic E-state index is 0.268. The van der Waals surface area contributed by atoms with Gasteiger partial charge in [0.1, 0.15) is 4.90 Å². The molecule has 0 radical (unpaired) electrons. The van der Waals surface area contributed by atoms with Crippen LogP contribution in [0.15, 0.2) is 4.90 Å². The molecule has 0 spiro atoms. The Balaban J connectivity index is 2.96. The van der Waals surface area contributed by atoms with Gasteiger partial charge < -0.3 is 5.32 Å². The zero-order valence-electron chi connectivity index (χ0n) is 11.4. The molecule has 6 nitrogen and oxygen atoms in total. The van der Waals surface area contributed by atoms with E-state index in [4.69, 9.17) is 0 Å². The second-order valence-electron chi connectivity index (χ2n) is 4.56. The van der Waals surface area contributed by atoms with E-state index in [2.05, 4.69) is 20.2 Å². The summed E-state index contributed by atoms with van der Waals surface area (Å²) in [7, 11) is -3.47. The summed E-state index contributed by atoms with van der Waals surface area (Å²) in [5.41, 5.74) is 1.10. The van der Waals surface area contributed by atoms with Gasteiger partial charge in [-0.1, -0.05) is 20.8 Å². The predicted octanol–water partition coefficient (Wildman–Crippen LogP) is 0.904. The summed E-state index contributed by atoms with van der Waals surface area (Å²) >= 11 is 0. The van der Waals surface area contributed by atoms with Crippen molar-refractivity contribution in [2.24, 2.45) is 0 Å². The molecule has 0 amide bonds. The Kier molecular flexibility index (Phi) is 5.30. The van der Waals surface area contributed by atoms with Crippen LogP contribution in [0.5, 0.6) is 0 Å². The van der Waals surface area contributed by atoms with Crippen molar-refractivity contribution in [2.75, 3.05) is 6.54 Å². The molecule has 0 aliphatic carbocycles. The van der Waals surface area contributed by atoms with Crippen molar-refractivity contribution in [1.82, 2.24) is 20.2 Å². The van der Waals surface area contributed by atoms with Gasteiger partial charge in [0.05, 0.1) is 11.4 Å². The molecule has 0 saturated carbocycles. The third-order valence-corrected chi connectivity index (χ3v) is 4.11. The van der Waals surface area contributed by atoms with Crippen molar-refractivity contribution < 1.29 is 8.42 Å². The molecule has 0 aromatic carbocycles. The lowest BCUT2D eigenvalue weighted by Gasteiger charge is -2.09. The summed E-state index contributed by atoms with van der Waals surface area (Å²) in [6.07, 6.45) is 0.760. The Morgan fingerprint density at radius 1 is 1.39 bits per heavy atom. The maximum atomic E-state index is 12.1. The number of nitrogens with one attached hydrogen (secondary N) is 3. The van der Waals surface area contributed by atoms with Crippen LogP contribution in [0.25, 0.3) is 0 Å². The number of aryl methyl sites for hydroxylation is 1. The van der Waals surface area contributed by atoms with E-state index in [1.54, 1.807) is 6.92 Å². The van der Waals surface area contributed by atoms with Crippen LogP contribution in [-0.4, -0.2) is 31.2 Å². The molecular formula is C11H22N4O2S. The molecule has 1 heterocycles. The van der Waals surface area contributed by atoms with E-state index >= 15 is 0 Å². The molecule has 0 atom stereocenters. The lowest BCUT2D eigenvalue weighted by Crippen LogP contribution is -2.28.